The molecule has 4 rings (SSSR count). The molecule has 0 unspecified atom stereocenters. The van der Waals surface area contributed by atoms with E-state index >= 15 is 0 Å². The zero-order valence-corrected chi connectivity index (χ0v) is 16.6. The predicted molar refractivity (Wildman–Crippen MR) is 107 cm³/mol. The Hall–Kier alpha value is -3.62. The van der Waals surface area contributed by atoms with Crippen LogP contribution in [0.1, 0.15) is 21.6 Å². The number of amides is 1. The largest absolute Gasteiger partial charge is 0.481 e. The number of anilines is 3. The van der Waals surface area contributed by atoms with Crippen molar-refractivity contribution in [2.75, 3.05) is 23.6 Å². The van der Waals surface area contributed by atoms with Gasteiger partial charge in [0.25, 0.3) is 5.91 Å². The summed E-state index contributed by atoms with van der Waals surface area (Å²) >= 11 is 0. The summed E-state index contributed by atoms with van der Waals surface area (Å²) in [5.74, 6) is -0.568. The van der Waals surface area contributed by atoms with Crippen molar-refractivity contribution in [1.29, 1.82) is 0 Å². The second kappa shape index (κ2) is 7.57. The normalized spacial score (nSPS) is 13.9. The molecular weight excluding hydrogens is 414 g/mol. The Balaban J connectivity index is 1.86. The van der Waals surface area contributed by atoms with Gasteiger partial charge in [0.05, 0.1) is 35.3 Å². The minimum atomic E-state index is -4.57. The number of halogens is 4. The fourth-order valence-electron chi connectivity index (χ4n) is 3.50. The monoisotopic (exact) mass is 431 g/mol. The summed E-state index contributed by atoms with van der Waals surface area (Å²) in [6.07, 6.45) is -4.57. The van der Waals surface area contributed by atoms with Crippen LogP contribution in [-0.4, -0.2) is 24.7 Å². The van der Waals surface area contributed by atoms with Crippen LogP contribution in [0.4, 0.5) is 34.6 Å². The van der Waals surface area contributed by atoms with Crippen molar-refractivity contribution in [3.05, 3.63) is 77.2 Å². The smallest absolute Gasteiger partial charge is 0.416 e. The lowest BCUT2D eigenvalue weighted by atomic mass is 10.0. The van der Waals surface area contributed by atoms with Crippen molar-refractivity contribution >= 4 is 23.0 Å². The van der Waals surface area contributed by atoms with Gasteiger partial charge in [0, 0.05) is 11.8 Å². The summed E-state index contributed by atoms with van der Waals surface area (Å²) in [7, 11) is 1.47. The highest BCUT2D eigenvalue weighted by molar-refractivity contribution is 6.12. The number of benzene rings is 2. The molecule has 0 fully saturated rings. The number of carbonyl (C=O) groups excluding carboxylic acids is 1. The van der Waals surface area contributed by atoms with E-state index in [4.69, 9.17) is 4.74 Å². The minimum absolute atomic E-state index is 0.0758. The van der Waals surface area contributed by atoms with Crippen LogP contribution in [0.2, 0.25) is 0 Å². The molecule has 3 aromatic rings. The van der Waals surface area contributed by atoms with Crippen LogP contribution >= 0.6 is 0 Å². The highest BCUT2D eigenvalue weighted by Crippen LogP contribution is 2.40. The van der Waals surface area contributed by atoms with E-state index in [1.807, 2.05) is 0 Å². The van der Waals surface area contributed by atoms with Crippen LogP contribution in [0, 0.1) is 12.7 Å². The average Bonchev–Trinajstić information content (AvgIpc) is 2.74. The third-order valence-electron chi connectivity index (χ3n) is 5.04. The molecule has 1 amide bonds. The lowest BCUT2D eigenvalue weighted by Crippen LogP contribution is -2.45. The molecule has 0 saturated heterocycles. The standard InChI is InChI=1S/C22H17F4N3O2/c1-13-18(9-10-20(27-13)31-2)29-12-28(16-6-4-15(23)5-7-16)19-11-14(22(24,25)26)3-8-17(19)21(29)30/h3-11H,12H2,1-2H3. The summed E-state index contributed by atoms with van der Waals surface area (Å²) < 4.78 is 58.5. The number of fused-ring (bicyclic) bond motifs is 1. The van der Waals surface area contributed by atoms with Gasteiger partial charge < -0.3 is 9.64 Å². The van der Waals surface area contributed by atoms with Crippen molar-refractivity contribution in [2.45, 2.75) is 13.1 Å². The van der Waals surface area contributed by atoms with Crippen molar-refractivity contribution in [3.8, 4) is 5.88 Å². The first kappa shape index (κ1) is 20.6. The van der Waals surface area contributed by atoms with Gasteiger partial charge in [0.1, 0.15) is 12.5 Å². The molecule has 0 spiro atoms. The van der Waals surface area contributed by atoms with Crippen LogP contribution in [0.25, 0.3) is 0 Å². The van der Waals surface area contributed by atoms with Gasteiger partial charge >= 0.3 is 6.18 Å². The van der Waals surface area contributed by atoms with Gasteiger partial charge in [-0.25, -0.2) is 9.37 Å². The van der Waals surface area contributed by atoms with Gasteiger partial charge in [-0.3, -0.25) is 9.69 Å². The van der Waals surface area contributed by atoms with Crippen molar-refractivity contribution in [3.63, 3.8) is 0 Å². The Morgan fingerprint density at radius 2 is 1.68 bits per heavy atom. The summed E-state index contributed by atoms with van der Waals surface area (Å²) in [6.45, 7) is 1.63. The number of hydrogen-bond acceptors (Lipinski definition) is 4. The third kappa shape index (κ3) is 3.78. The van der Waals surface area contributed by atoms with Crippen LogP contribution < -0.4 is 14.5 Å². The Bertz CT molecular complexity index is 1150. The van der Waals surface area contributed by atoms with Crippen LogP contribution in [0.15, 0.2) is 54.6 Å². The molecule has 0 aliphatic carbocycles. The second-order valence-corrected chi connectivity index (χ2v) is 6.97. The van der Waals surface area contributed by atoms with E-state index in [2.05, 4.69) is 4.98 Å². The van der Waals surface area contributed by atoms with E-state index in [1.165, 1.54) is 41.2 Å². The zero-order chi connectivity index (χ0) is 22.3. The fourth-order valence-corrected chi connectivity index (χ4v) is 3.50. The van der Waals surface area contributed by atoms with Gasteiger partial charge in [0.2, 0.25) is 5.88 Å². The van der Waals surface area contributed by atoms with Crippen LogP contribution in [0.3, 0.4) is 0 Å². The van der Waals surface area contributed by atoms with E-state index < -0.39 is 23.5 Å². The summed E-state index contributed by atoms with van der Waals surface area (Å²) in [5, 5.41) is 0. The fraction of sp³-hybridized carbons (Fsp3) is 0.182. The Labute approximate surface area is 175 Å². The van der Waals surface area contributed by atoms with E-state index in [-0.39, 0.29) is 17.9 Å². The number of nitrogens with zero attached hydrogens (tertiary/aromatic N) is 3. The lowest BCUT2D eigenvalue weighted by Gasteiger charge is -2.38. The van der Waals surface area contributed by atoms with Gasteiger partial charge in [-0.15, -0.1) is 0 Å². The van der Waals surface area contributed by atoms with Crippen LogP contribution in [-0.2, 0) is 6.18 Å². The van der Waals surface area contributed by atoms with Crippen LogP contribution in [0.5, 0.6) is 5.88 Å². The minimum Gasteiger partial charge on any atom is -0.481 e. The predicted octanol–water partition coefficient (Wildman–Crippen LogP) is 5.31. The molecule has 0 radical (unpaired) electrons. The number of carbonyl (C=O) groups is 1. The van der Waals surface area contributed by atoms with Gasteiger partial charge in [-0.2, -0.15) is 13.2 Å². The molecule has 1 aliphatic rings. The maximum atomic E-state index is 13.4. The first-order valence-corrected chi connectivity index (χ1v) is 9.27. The lowest BCUT2D eigenvalue weighted by molar-refractivity contribution is -0.137. The number of rotatable bonds is 3. The topological polar surface area (TPSA) is 45.7 Å². The molecule has 2 aromatic carbocycles. The quantitative estimate of drug-likeness (QED) is 0.527. The molecule has 9 heteroatoms. The summed E-state index contributed by atoms with van der Waals surface area (Å²) in [4.78, 5) is 20.4. The molecule has 31 heavy (non-hydrogen) atoms. The number of alkyl halides is 3. The first-order valence-electron chi connectivity index (χ1n) is 9.27. The number of aromatic nitrogens is 1. The average molecular weight is 431 g/mol. The van der Waals surface area contributed by atoms with E-state index in [0.29, 0.717) is 22.9 Å². The Kier molecular flexibility index (Phi) is 5.04. The second-order valence-electron chi connectivity index (χ2n) is 6.97. The van der Waals surface area contributed by atoms with Gasteiger partial charge in [-0.1, -0.05) is 0 Å². The van der Waals surface area contributed by atoms with Crippen molar-refractivity contribution in [2.24, 2.45) is 0 Å². The summed E-state index contributed by atoms with van der Waals surface area (Å²) in [5.41, 5.74) is 0.770. The molecule has 0 saturated carbocycles. The van der Waals surface area contributed by atoms with E-state index in [1.54, 1.807) is 19.1 Å². The van der Waals surface area contributed by atoms with Gasteiger partial charge in [-0.05, 0) is 55.5 Å². The molecule has 5 nitrogen and oxygen atoms in total. The number of aryl methyl sites for hydroxylation is 1. The molecule has 1 aliphatic heterocycles. The number of methoxy groups -OCH3 is 1. The van der Waals surface area contributed by atoms with E-state index in [9.17, 15) is 22.4 Å². The molecule has 160 valence electrons. The molecule has 1 aromatic heterocycles. The maximum absolute atomic E-state index is 13.4. The highest BCUT2D eigenvalue weighted by Gasteiger charge is 2.36. The molecule has 2 heterocycles. The summed E-state index contributed by atoms with van der Waals surface area (Å²) in [6, 6.07) is 11.6. The first-order chi connectivity index (χ1) is 14.7. The molecular formula is C22H17F4N3O2. The third-order valence-corrected chi connectivity index (χ3v) is 5.04. The Morgan fingerprint density at radius 3 is 2.29 bits per heavy atom. The van der Waals surface area contributed by atoms with E-state index in [0.717, 1.165) is 18.2 Å². The molecule has 0 bridgehead atoms. The number of pyridine rings is 1. The maximum Gasteiger partial charge on any atom is 0.416 e. The van der Waals surface area contributed by atoms with Crippen molar-refractivity contribution < 1.29 is 27.1 Å². The number of hydrogen-bond donors (Lipinski definition) is 0. The Morgan fingerprint density at radius 1 is 0.968 bits per heavy atom. The van der Waals surface area contributed by atoms with Crippen molar-refractivity contribution in [1.82, 2.24) is 4.98 Å². The molecule has 0 atom stereocenters. The van der Waals surface area contributed by atoms with Gasteiger partial charge in [0.15, 0.2) is 0 Å². The highest BCUT2D eigenvalue weighted by atomic mass is 19.4. The number of ether oxygens (including phenoxy) is 1. The molecule has 0 N–H and O–H groups in total. The SMILES string of the molecule is COc1ccc(N2CN(c3ccc(F)cc3)c3cc(C(F)(F)F)ccc3C2=O)c(C)n1. The zero-order valence-electron chi connectivity index (χ0n) is 16.6.